The number of anilines is 2. The quantitative estimate of drug-likeness (QED) is 0.711. The highest BCUT2D eigenvalue weighted by atomic mass is 32.2. The summed E-state index contributed by atoms with van der Waals surface area (Å²) >= 11 is 0. The molecule has 0 aliphatic carbocycles. The Bertz CT molecular complexity index is 991. The predicted molar refractivity (Wildman–Crippen MR) is 116 cm³/mol. The molecule has 0 radical (unpaired) electrons. The molecule has 2 fully saturated rings. The van der Waals surface area contributed by atoms with Gasteiger partial charge in [0.2, 0.25) is 5.95 Å². The number of sulfonamides is 1. The molecule has 4 heterocycles. The van der Waals surface area contributed by atoms with Gasteiger partial charge in [-0.15, -0.1) is 0 Å². The molecule has 0 spiro atoms. The minimum Gasteiger partial charge on any atom is -0.354 e. The molecule has 9 nitrogen and oxygen atoms in total. The number of rotatable bonds is 5. The van der Waals surface area contributed by atoms with E-state index in [0.29, 0.717) is 32.7 Å². The topological polar surface area (TPSA) is 87.5 Å². The van der Waals surface area contributed by atoms with Crippen molar-refractivity contribution in [3.05, 3.63) is 23.8 Å². The second-order valence-electron chi connectivity index (χ2n) is 8.02. The molecule has 0 bridgehead atoms. The smallest absolute Gasteiger partial charge is 0.262 e. The van der Waals surface area contributed by atoms with Crippen molar-refractivity contribution in [3.8, 4) is 0 Å². The van der Waals surface area contributed by atoms with Gasteiger partial charge >= 0.3 is 0 Å². The van der Waals surface area contributed by atoms with Gasteiger partial charge in [0.25, 0.3) is 10.0 Å². The van der Waals surface area contributed by atoms with Crippen molar-refractivity contribution in [1.82, 2.24) is 23.8 Å². The van der Waals surface area contributed by atoms with Crippen molar-refractivity contribution in [1.29, 1.82) is 0 Å². The van der Waals surface area contributed by atoms with E-state index in [1.54, 1.807) is 6.20 Å². The lowest BCUT2D eigenvalue weighted by Crippen LogP contribution is -2.49. The fourth-order valence-electron chi connectivity index (χ4n) is 4.15. The van der Waals surface area contributed by atoms with E-state index in [4.69, 9.17) is 4.98 Å². The Morgan fingerprint density at radius 1 is 0.900 bits per heavy atom. The molecule has 2 aliphatic heterocycles. The van der Waals surface area contributed by atoms with Crippen molar-refractivity contribution in [3.63, 3.8) is 0 Å². The zero-order valence-corrected chi connectivity index (χ0v) is 18.9. The number of imidazole rings is 1. The standard InChI is InChI=1S/C20H31N7O2S/c1-4-24-15-19(22-17(24)3)30(28,29)27-12-10-25(11-13-27)18-14-16(2)21-20(23-18)26-8-6-5-7-9-26/h14-15H,4-13H2,1-3H3. The maximum Gasteiger partial charge on any atom is 0.262 e. The van der Waals surface area contributed by atoms with Crippen LogP contribution in [-0.2, 0) is 16.6 Å². The van der Waals surface area contributed by atoms with Crippen LogP contribution >= 0.6 is 0 Å². The maximum absolute atomic E-state index is 13.0. The minimum atomic E-state index is -3.58. The molecular formula is C20H31N7O2S. The lowest BCUT2D eigenvalue weighted by molar-refractivity contribution is 0.382. The van der Waals surface area contributed by atoms with Crippen LogP contribution in [0.2, 0.25) is 0 Å². The summed E-state index contributed by atoms with van der Waals surface area (Å²) in [6, 6.07) is 1.99. The van der Waals surface area contributed by atoms with E-state index >= 15 is 0 Å². The summed E-state index contributed by atoms with van der Waals surface area (Å²) in [6.45, 7) is 10.5. The van der Waals surface area contributed by atoms with Gasteiger partial charge in [-0.2, -0.15) is 9.29 Å². The molecule has 2 aromatic rings. The van der Waals surface area contributed by atoms with Gasteiger partial charge in [-0.1, -0.05) is 0 Å². The third-order valence-corrected chi connectivity index (χ3v) is 7.70. The summed E-state index contributed by atoms with van der Waals surface area (Å²) in [5.74, 6) is 2.39. The molecule has 2 aliphatic rings. The molecule has 0 N–H and O–H groups in total. The average Bonchev–Trinajstić information content (AvgIpc) is 3.15. The Morgan fingerprint density at radius 2 is 1.60 bits per heavy atom. The van der Waals surface area contributed by atoms with Crippen molar-refractivity contribution in [2.45, 2.75) is 51.6 Å². The zero-order valence-electron chi connectivity index (χ0n) is 18.1. The first-order valence-electron chi connectivity index (χ1n) is 10.8. The summed E-state index contributed by atoms with van der Waals surface area (Å²) in [5.41, 5.74) is 0.941. The number of nitrogens with zero attached hydrogens (tertiary/aromatic N) is 7. The van der Waals surface area contributed by atoms with Gasteiger partial charge in [-0.05, 0) is 40.0 Å². The minimum absolute atomic E-state index is 0.139. The third kappa shape index (κ3) is 4.15. The van der Waals surface area contributed by atoms with E-state index in [0.717, 1.165) is 36.4 Å². The van der Waals surface area contributed by atoms with Crippen LogP contribution in [0.4, 0.5) is 11.8 Å². The van der Waals surface area contributed by atoms with Gasteiger partial charge < -0.3 is 14.4 Å². The van der Waals surface area contributed by atoms with Crippen molar-refractivity contribution in [2.75, 3.05) is 49.1 Å². The number of piperidine rings is 1. The summed E-state index contributed by atoms with van der Waals surface area (Å²) in [5, 5.41) is 0.139. The highest BCUT2D eigenvalue weighted by Gasteiger charge is 2.31. The highest BCUT2D eigenvalue weighted by Crippen LogP contribution is 2.23. The summed E-state index contributed by atoms with van der Waals surface area (Å²) in [4.78, 5) is 18.1. The number of aryl methyl sites for hydroxylation is 3. The van der Waals surface area contributed by atoms with Crippen LogP contribution in [-0.4, -0.2) is 71.5 Å². The fraction of sp³-hybridized carbons (Fsp3) is 0.650. The first-order chi connectivity index (χ1) is 14.4. The average molecular weight is 434 g/mol. The van der Waals surface area contributed by atoms with Gasteiger partial charge in [0.15, 0.2) is 5.03 Å². The van der Waals surface area contributed by atoms with Crippen LogP contribution in [0, 0.1) is 13.8 Å². The van der Waals surface area contributed by atoms with Crippen LogP contribution in [0.3, 0.4) is 0 Å². The van der Waals surface area contributed by atoms with Gasteiger partial charge in [-0.25, -0.2) is 18.4 Å². The number of hydrogen-bond acceptors (Lipinski definition) is 7. The summed E-state index contributed by atoms with van der Waals surface area (Å²) in [7, 11) is -3.58. The fourth-order valence-corrected chi connectivity index (χ4v) is 5.56. The van der Waals surface area contributed by atoms with Crippen LogP contribution in [0.1, 0.15) is 37.7 Å². The maximum atomic E-state index is 13.0. The molecule has 0 unspecified atom stereocenters. The van der Waals surface area contributed by atoms with Crippen LogP contribution in [0.5, 0.6) is 0 Å². The molecule has 30 heavy (non-hydrogen) atoms. The zero-order chi connectivity index (χ0) is 21.3. The highest BCUT2D eigenvalue weighted by molar-refractivity contribution is 7.89. The Hall–Kier alpha value is -2.20. The van der Waals surface area contributed by atoms with E-state index in [2.05, 4.69) is 19.8 Å². The monoisotopic (exact) mass is 433 g/mol. The number of aromatic nitrogens is 4. The van der Waals surface area contributed by atoms with E-state index in [9.17, 15) is 8.42 Å². The van der Waals surface area contributed by atoms with Crippen LogP contribution in [0.25, 0.3) is 0 Å². The Balaban J connectivity index is 1.47. The summed E-state index contributed by atoms with van der Waals surface area (Å²) in [6.07, 6.45) is 5.25. The largest absolute Gasteiger partial charge is 0.354 e. The molecule has 2 aromatic heterocycles. The molecule has 164 valence electrons. The van der Waals surface area contributed by atoms with Gasteiger partial charge in [-0.3, -0.25) is 0 Å². The third-order valence-electron chi connectivity index (χ3n) is 5.93. The van der Waals surface area contributed by atoms with Gasteiger partial charge in [0.05, 0.1) is 0 Å². The predicted octanol–water partition coefficient (Wildman–Crippen LogP) is 1.81. The second kappa shape index (κ2) is 8.50. The Kier molecular flexibility index (Phi) is 5.97. The van der Waals surface area contributed by atoms with Gasteiger partial charge in [0.1, 0.15) is 11.6 Å². The lowest BCUT2D eigenvalue weighted by Gasteiger charge is -2.35. The normalized spacial score (nSPS) is 18.8. The molecule has 0 saturated carbocycles. The molecular weight excluding hydrogens is 402 g/mol. The molecule has 4 rings (SSSR count). The Labute approximate surface area is 178 Å². The lowest BCUT2D eigenvalue weighted by atomic mass is 10.1. The van der Waals surface area contributed by atoms with Crippen molar-refractivity contribution < 1.29 is 8.42 Å². The van der Waals surface area contributed by atoms with E-state index in [1.165, 1.54) is 23.6 Å². The SMILES string of the molecule is CCn1cc(S(=O)(=O)N2CCN(c3cc(C)nc(N4CCCCC4)n3)CC2)nc1C. The van der Waals surface area contributed by atoms with Crippen LogP contribution < -0.4 is 9.80 Å². The van der Waals surface area contributed by atoms with Crippen molar-refractivity contribution >= 4 is 21.8 Å². The van der Waals surface area contributed by atoms with Crippen LogP contribution in [0.15, 0.2) is 17.3 Å². The van der Waals surface area contributed by atoms with Crippen molar-refractivity contribution in [2.24, 2.45) is 0 Å². The van der Waals surface area contributed by atoms with E-state index < -0.39 is 10.0 Å². The van der Waals surface area contributed by atoms with E-state index in [1.807, 2.05) is 31.4 Å². The Morgan fingerprint density at radius 3 is 2.23 bits per heavy atom. The van der Waals surface area contributed by atoms with E-state index in [-0.39, 0.29) is 5.03 Å². The number of piperazine rings is 1. The molecule has 10 heteroatoms. The first-order valence-corrected chi connectivity index (χ1v) is 12.2. The first kappa shape index (κ1) is 21.0. The second-order valence-corrected chi connectivity index (χ2v) is 9.90. The molecule has 0 atom stereocenters. The number of hydrogen-bond donors (Lipinski definition) is 0. The summed E-state index contributed by atoms with van der Waals surface area (Å²) < 4.78 is 29.4. The molecule has 0 aromatic carbocycles. The molecule has 2 saturated heterocycles. The molecule has 0 amide bonds. The van der Waals surface area contributed by atoms with Gasteiger partial charge in [0, 0.05) is 63.8 Å².